The number of carbonyl (C=O) groups is 1. The molecule has 0 radical (unpaired) electrons. The lowest BCUT2D eigenvalue weighted by Crippen LogP contribution is -2.51. The van der Waals surface area contributed by atoms with Crippen LogP contribution in [0.2, 0.25) is 0 Å². The van der Waals surface area contributed by atoms with Crippen molar-refractivity contribution in [1.29, 1.82) is 0 Å². The summed E-state index contributed by atoms with van der Waals surface area (Å²) in [4.78, 5) is 29.0. The van der Waals surface area contributed by atoms with Crippen LogP contribution >= 0.6 is 0 Å². The van der Waals surface area contributed by atoms with Gasteiger partial charge in [-0.25, -0.2) is 4.98 Å². The third-order valence-electron chi connectivity index (χ3n) is 5.82. The third kappa shape index (κ3) is 3.12. The molecule has 1 amide bonds. The molecule has 2 aliphatic rings. The molecule has 2 fully saturated rings. The lowest BCUT2D eigenvalue weighted by molar-refractivity contribution is -0.123. The molecule has 1 saturated heterocycles. The van der Waals surface area contributed by atoms with E-state index < -0.39 is 0 Å². The number of H-pyrrole nitrogens is 1. The van der Waals surface area contributed by atoms with Crippen LogP contribution in [0.3, 0.4) is 0 Å². The number of piperazine rings is 1. The van der Waals surface area contributed by atoms with Gasteiger partial charge in [-0.2, -0.15) is 0 Å². The maximum Gasteiger partial charge on any atom is 0.234 e. The first kappa shape index (κ1) is 16.5. The van der Waals surface area contributed by atoms with Gasteiger partial charge in [0.05, 0.1) is 18.3 Å². The number of amides is 1. The molecule has 2 N–H and O–H groups in total. The lowest BCUT2D eigenvalue weighted by atomic mass is 9.93. The summed E-state index contributed by atoms with van der Waals surface area (Å²) in [6, 6.07) is 4.57. The zero-order valence-electron chi connectivity index (χ0n) is 15.3. The van der Waals surface area contributed by atoms with Gasteiger partial charge in [0, 0.05) is 61.1 Å². The maximum absolute atomic E-state index is 12.2. The Hall–Kier alpha value is -2.67. The number of pyridine rings is 2. The van der Waals surface area contributed by atoms with Crippen molar-refractivity contribution in [3.8, 4) is 0 Å². The molecule has 0 bridgehead atoms. The Morgan fingerprint density at radius 1 is 1.19 bits per heavy atom. The zero-order valence-corrected chi connectivity index (χ0v) is 15.3. The van der Waals surface area contributed by atoms with Crippen molar-refractivity contribution in [3.05, 3.63) is 30.7 Å². The molecular weight excluding hydrogens is 340 g/mol. The number of anilines is 1. The van der Waals surface area contributed by atoms with E-state index in [1.54, 1.807) is 0 Å². The summed E-state index contributed by atoms with van der Waals surface area (Å²) in [6.45, 7) is 4.11. The van der Waals surface area contributed by atoms with Crippen LogP contribution in [-0.4, -0.2) is 64.5 Å². The number of aromatic amines is 1. The van der Waals surface area contributed by atoms with E-state index in [4.69, 9.17) is 0 Å². The Morgan fingerprint density at radius 2 is 2.04 bits per heavy atom. The normalized spacial score (nSPS) is 18.7. The minimum Gasteiger partial charge on any atom is -0.368 e. The van der Waals surface area contributed by atoms with E-state index in [9.17, 15) is 4.79 Å². The number of fused-ring (bicyclic) bond motifs is 3. The Morgan fingerprint density at radius 3 is 2.81 bits per heavy atom. The number of nitrogens with one attached hydrogen (secondary N) is 2. The Bertz CT molecular complexity index is 971. The van der Waals surface area contributed by atoms with Crippen LogP contribution in [0.5, 0.6) is 0 Å². The largest absolute Gasteiger partial charge is 0.368 e. The van der Waals surface area contributed by atoms with Gasteiger partial charge < -0.3 is 15.2 Å². The highest BCUT2D eigenvalue weighted by molar-refractivity contribution is 6.09. The van der Waals surface area contributed by atoms with E-state index >= 15 is 0 Å². The molecule has 0 spiro atoms. The summed E-state index contributed by atoms with van der Waals surface area (Å²) in [7, 11) is 0. The van der Waals surface area contributed by atoms with E-state index in [-0.39, 0.29) is 5.91 Å². The van der Waals surface area contributed by atoms with Gasteiger partial charge in [0.2, 0.25) is 5.91 Å². The van der Waals surface area contributed by atoms with Crippen molar-refractivity contribution < 1.29 is 4.79 Å². The highest BCUT2D eigenvalue weighted by Gasteiger charge is 2.24. The second-order valence-corrected chi connectivity index (χ2v) is 7.55. The summed E-state index contributed by atoms with van der Waals surface area (Å²) in [5.74, 6) is 0.169. The van der Waals surface area contributed by atoms with Crippen LogP contribution < -0.4 is 10.2 Å². The highest BCUT2D eigenvalue weighted by Crippen LogP contribution is 2.31. The number of carbonyl (C=O) groups excluding carboxylic acids is 1. The second kappa shape index (κ2) is 6.81. The summed E-state index contributed by atoms with van der Waals surface area (Å²) in [5.41, 5.74) is 3.01. The fourth-order valence-electron chi connectivity index (χ4n) is 4.08. The zero-order chi connectivity index (χ0) is 18.2. The first-order valence-corrected chi connectivity index (χ1v) is 9.75. The average Bonchev–Trinajstić information content (AvgIpc) is 3.14. The third-order valence-corrected chi connectivity index (χ3v) is 5.82. The monoisotopic (exact) mass is 364 g/mol. The highest BCUT2D eigenvalue weighted by atomic mass is 16.2. The molecule has 5 rings (SSSR count). The minimum atomic E-state index is 0.169. The van der Waals surface area contributed by atoms with Crippen molar-refractivity contribution in [2.75, 3.05) is 37.6 Å². The van der Waals surface area contributed by atoms with E-state index in [1.165, 1.54) is 12.1 Å². The van der Waals surface area contributed by atoms with Crippen LogP contribution in [0.1, 0.15) is 19.3 Å². The van der Waals surface area contributed by atoms with Gasteiger partial charge in [-0.15, -0.1) is 0 Å². The predicted octanol–water partition coefficient (Wildman–Crippen LogP) is 1.90. The number of nitrogens with zero attached hydrogens (tertiary/aromatic N) is 4. The Balaban J connectivity index is 1.31. The van der Waals surface area contributed by atoms with Crippen molar-refractivity contribution in [3.63, 3.8) is 0 Å². The average molecular weight is 364 g/mol. The van der Waals surface area contributed by atoms with E-state index in [0.717, 1.165) is 61.0 Å². The van der Waals surface area contributed by atoms with Crippen molar-refractivity contribution >= 4 is 33.5 Å². The molecule has 1 saturated carbocycles. The topological polar surface area (TPSA) is 77.2 Å². The minimum absolute atomic E-state index is 0.169. The first-order valence-electron chi connectivity index (χ1n) is 9.75. The molecule has 140 valence electrons. The number of hydrogen-bond acceptors (Lipinski definition) is 5. The summed E-state index contributed by atoms with van der Waals surface area (Å²) in [5, 5.41) is 5.40. The molecular formula is C20H24N6O. The SMILES string of the molecule is O=C(CN1CCN(c2ccnc3cnc4[nH]ccc4c23)CC1)NC1CCC1. The van der Waals surface area contributed by atoms with E-state index in [2.05, 4.69) is 42.2 Å². The Kier molecular flexibility index (Phi) is 4.16. The van der Waals surface area contributed by atoms with Crippen LogP contribution in [0.15, 0.2) is 30.7 Å². The second-order valence-electron chi connectivity index (χ2n) is 7.55. The standard InChI is InChI=1S/C20H24N6O/c27-18(24-14-2-1-3-14)13-25-8-10-26(11-9-25)17-5-7-21-16-12-23-20-15(19(16)17)4-6-22-20/h4-7,12,14H,1-3,8-11,13H2,(H,22,23)(H,24,27). The fourth-order valence-corrected chi connectivity index (χ4v) is 4.08. The molecule has 4 heterocycles. The molecule has 0 aromatic carbocycles. The maximum atomic E-state index is 12.2. The first-order chi connectivity index (χ1) is 13.3. The Labute approximate surface area is 157 Å². The quantitative estimate of drug-likeness (QED) is 0.739. The smallest absolute Gasteiger partial charge is 0.234 e. The van der Waals surface area contributed by atoms with Gasteiger partial charge in [-0.3, -0.25) is 14.7 Å². The predicted molar refractivity (Wildman–Crippen MR) is 106 cm³/mol. The molecule has 7 heteroatoms. The molecule has 1 aliphatic heterocycles. The summed E-state index contributed by atoms with van der Waals surface area (Å²) >= 11 is 0. The number of aromatic nitrogens is 3. The summed E-state index contributed by atoms with van der Waals surface area (Å²) in [6.07, 6.45) is 9.13. The molecule has 0 unspecified atom stereocenters. The van der Waals surface area contributed by atoms with Crippen molar-refractivity contribution in [1.82, 2.24) is 25.2 Å². The molecule has 0 atom stereocenters. The molecule has 27 heavy (non-hydrogen) atoms. The number of rotatable bonds is 4. The van der Waals surface area contributed by atoms with E-state index in [1.807, 2.05) is 18.6 Å². The van der Waals surface area contributed by atoms with Crippen LogP contribution in [0.4, 0.5) is 5.69 Å². The molecule has 3 aromatic heterocycles. The van der Waals surface area contributed by atoms with Crippen molar-refractivity contribution in [2.24, 2.45) is 0 Å². The molecule has 7 nitrogen and oxygen atoms in total. The van der Waals surface area contributed by atoms with Gasteiger partial charge >= 0.3 is 0 Å². The summed E-state index contributed by atoms with van der Waals surface area (Å²) < 4.78 is 0. The van der Waals surface area contributed by atoms with Crippen LogP contribution in [-0.2, 0) is 4.79 Å². The number of hydrogen-bond donors (Lipinski definition) is 2. The van der Waals surface area contributed by atoms with Gasteiger partial charge in [-0.05, 0) is 31.4 Å². The van der Waals surface area contributed by atoms with Gasteiger partial charge in [0.25, 0.3) is 0 Å². The van der Waals surface area contributed by atoms with E-state index in [0.29, 0.717) is 12.6 Å². The van der Waals surface area contributed by atoms with Crippen LogP contribution in [0.25, 0.3) is 21.9 Å². The van der Waals surface area contributed by atoms with Crippen LogP contribution in [0, 0.1) is 0 Å². The molecule has 1 aliphatic carbocycles. The van der Waals surface area contributed by atoms with Gasteiger partial charge in [-0.1, -0.05) is 0 Å². The lowest BCUT2D eigenvalue weighted by Gasteiger charge is -2.36. The molecule has 3 aromatic rings. The fraction of sp³-hybridized carbons (Fsp3) is 0.450. The van der Waals surface area contributed by atoms with Crippen molar-refractivity contribution in [2.45, 2.75) is 25.3 Å². The van der Waals surface area contributed by atoms with Gasteiger partial charge in [0.1, 0.15) is 5.65 Å². The van der Waals surface area contributed by atoms with Gasteiger partial charge in [0.15, 0.2) is 0 Å².